The topological polar surface area (TPSA) is 55.0 Å². The first-order chi connectivity index (χ1) is 12.6. The zero-order valence-electron chi connectivity index (χ0n) is 14.0. The number of carbonyl (C=O) groups is 1. The van der Waals surface area contributed by atoms with Gasteiger partial charge in [-0.1, -0.05) is 41.8 Å². The van der Waals surface area contributed by atoms with Gasteiger partial charge in [0.05, 0.1) is 10.4 Å². The summed E-state index contributed by atoms with van der Waals surface area (Å²) in [6, 6.07) is 7.41. The Morgan fingerprint density at radius 2 is 1.85 bits per heavy atom. The zero-order chi connectivity index (χ0) is 20.0. The van der Waals surface area contributed by atoms with E-state index in [1.54, 1.807) is 13.0 Å². The number of carbonyl (C=O) groups excluding carboxylic acids is 1. The molecule has 9 heteroatoms. The highest BCUT2D eigenvalue weighted by atomic mass is 35.5. The number of alkyl halides is 3. The third-order valence-corrected chi connectivity index (χ3v) is 5.31. The maximum Gasteiger partial charge on any atom is 0.436 e. The van der Waals surface area contributed by atoms with E-state index in [1.807, 2.05) is 0 Å². The highest BCUT2D eigenvalue weighted by Gasteiger charge is 2.46. The van der Waals surface area contributed by atoms with E-state index in [4.69, 9.17) is 28.0 Å². The summed E-state index contributed by atoms with van der Waals surface area (Å²) < 4.78 is 41.2. The number of benzene rings is 1. The monoisotopic (exact) mass is 416 g/mol. The van der Waals surface area contributed by atoms with Gasteiger partial charge in [0, 0.05) is 10.6 Å². The molecule has 2 aromatic rings. The molecule has 0 amide bonds. The smallest absolute Gasteiger partial charge is 0.335 e. The van der Waals surface area contributed by atoms with E-state index in [0.29, 0.717) is 22.6 Å². The number of nitrogens with zero attached hydrogens (tertiary/aromatic N) is 2. The second-order valence-corrected chi connectivity index (χ2v) is 7.40. The van der Waals surface area contributed by atoms with Gasteiger partial charge in [0.25, 0.3) is 0 Å². The fourth-order valence-corrected chi connectivity index (χ4v) is 3.37. The van der Waals surface area contributed by atoms with Crippen molar-refractivity contribution in [2.45, 2.75) is 32.4 Å². The predicted molar refractivity (Wildman–Crippen MR) is 93.2 cm³/mol. The maximum absolute atomic E-state index is 13.6. The third-order valence-electron chi connectivity index (χ3n) is 4.69. The summed E-state index contributed by atoms with van der Waals surface area (Å²) in [7, 11) is 0. The molecule has 1 aromatic heterocycles. The van der Waals surface area contributed by atoms with E-state index in [2.05, 4.69) is 0 Å². The lowest BCUT2D eigenvalue weighted by atomic mass is 9.71. The molecule has 0 aliphatic heterocycles. The van der Waals surface area contributed by atoms with Crippen LogP contribution in [-0.2, 0) is 11.0 Å². The number of rotatable bonds is 3. The summed E-state index contributed by atoms with van der Waals surface area (Å²) >= 11 is 11.7. The van der Waals surface area contributed by atoms with Crippen molar-refractivity contribution in [3.8, 4) is 17.3 Å². The standard InChI is InChI=1S/C18H13Cl2F3N2O2/c1-17(7-2-8-17)16(26)27-25-14(10-3-5-11(19)6-4-10)12(9-24)13(20)15(25)18(21,22)23/h3-6H,2,7-8H2,1H3. The summed E-state index contributed by atoms with van der Waals surface area (Å²) in [5.74, 6) is -0.800. The van der Waals surface area contributed by atoms with Crippen LogP contribution in [0.2, 0.25) is 10.0 Å². The van der Waals surface area contributed by atoms with Crippen LogP contribution in [0.15, 0.2) is 24.3 Å². The van der Waals surface area contributed by atoms with Crippen molar-refractivity contribution in [3.05, 3.63) is 45.6 Å². The summed E-state index contributed by atoms with van der Waals surface area (Å²) in [4.78, 5) is 17.6. The van der Waals surface area contributed by atoms with Crippen molar-refractivity contribution in [1.82, 2.24) is 4.73 Å². The fourth-order valence-electron chi connectivity index (χ4n) is 2.93. The van der Waals surface area contributed by atoms with E-state index >= 15 is 0 Å². The molecule has 1 aliphatic rings. The lowest BCUT2D eigenvalue weighted by Gasteiger charge is -2.35. The van der Waals surface area contributed by atoms with Crippen LogP contribution in [0.3, 0.4) is 0 Å². The van der Waals surface area contributed by atoms with Crippen LogP contribution in [0.25, 0.3) is 11.3 Å². The molecule has 0 N–H and O–H groups in total. The van der Waals surface area contributed by atoms with Crippen molar-refractivity contribution < 1.29 is 22.8 Å². The Bertz CT molecular complexity index is 939. The molecule has 0 unspecified atom stereocenters. The van der Waals surface area contributed by atoms with Gasteiger partial charge in [-0.3, -0.25) is 0 Å². The van der Waals surface area contributed by atoms with Gasteiger partial charge in [0.2, 0.25) is 0 Å². The molecule has 1 aliphatic carbocycles. The molecule has 4 nitrogen and oxygen atoms in total. The second kappa shape index (κ2) is 6.77. The number of halogens is 5. The fraction of sp³-hybridized carbons (Fsp3) is 0.333. The summed E-state index contributed by atoms with van der Waals surface area (Å²) in [6.07, 6.45) is -3.11. The molecule has 0 atom stereocenters. The van der Waals surface area contributed by atoms with Gasteiger partial charge in [-0.05, 0) is 31.9 Å². The van der Waals surface area contributed by atoms with Gasteiger partial charge in [-0.2, -0.15) is 23.2 Å². The molecule has 1 aromatic carbocycles. The molecule has 3 rings (SSSR count). The molecular formula is C18H13Cl2F3N2O2. The van der Waals surface area contributed by atoms with E-state index in [0.717, 1.165) is 6.42 Å². The van der Waals surface area contributed by atoms with Crippen molar-refractivity contribution >= 4 is 29.2 Å². The highest BCUT2D eigenvalue weighted by Crippen LogP contribution is 2.44. The minimum absolute atomic E-state index is 0.208. The molecule has 0 radical (unpaired) electrons. The summed E-state index contributed by atoms with van der Waals surface area (Å²) in [6.45, 7) is 1.63. The van der Waals surface area contributed by atoms with E-state index < -0.39 is 33.8 Å². The average Bonchev–Trinajstić information content (AvgIpc) is 2.84. The summed E-state index contributed by atoms with van der Waals surface area (Å²) in [5, 5.41) is 8.93. The van der Waals surface area contributed by atoms with Crippen LogP contribution < -0.4 is 4.84 Å². The van der Waals surface area contributed by atoms with Gasteiger partial charge in [-0.25, -0.2) is 4.79 Å². The molecule has 142 valence electrons. The molecule has 0 spiro atoms. The van der Waals surface area contributed by atoms with Gasteiger partial charge < -0.3 is 4.84 Å². The number of hydrogen-bond donors (Lipinski definition) is 0. The predicted octanol–water partition coefficient (Wildman–Crippen LogP) is 5.50. The molecular weight excluding hydrogens is 404 g/mol. The molecule has 27 heavy (non-hydrogen) atoms. The highest BCUT2D eigenvalue weighted by molar-refractivity contribution is 6.33. The van der Waals surface area contributed by atoms with Crippen LogP contribution in [0.5, 0.6) is 0 Å². The van der Waals surface area contributed by atoms with E-state index in [9.17, 15) is 23.2 Å². The van der Waals surface area contributed by atoms with Crippen molar-refractivity contribution in [2.24, 2.45) is 5.41 Å². The Morgan fingerprint density at radius 3 is 2.30 bits per heavy atom. The van der Waals surface area contributed by atoms with Crippen LogP contribution in [-0.4, -0.2) is 10.7 Å². The Balaban J connectivity index is 2.23. The van der Waals surface area contributed by atoms with Crippen LogP contribution in [0.1, 0.15) is 37.4 Å². The Morgan fingerprint density at radius 1 is 1.26 bits per heavy atom. The first kappa shape index (κ1) is 19.6. The minimum Gasteiger partial charge on any atom is -0.335 e. The quantitative estimate of drug-likeness (QED) is 0.663. The second-order valence-electron chi connectivity index (χ2n) is 6.59. The lowest BCUT2D eigenvalue weighted by molar-refractivity contribution is -0.170. The van der Waals surface area contributed by atoms with Gasteiger partial charge in [0.15, 0.2) is 5.69 Å². The molecule has 1 heterocycles. The summed E-state index contributed by atoms with van der Waals surface area (Å²) in [5.41, 5.74) is -2.73. The van der Waals surface area contributed by atoms with Crippen molar-refractivity contribution in [1.29, 1.82) is 5.26 Å². The number of aromatic nitrogens is 1. The van der Waals surface area contributed by atoms with Crippen molar-refractivity contribution in [2.75, 3.05) is 0 Å². The Kier molecular flexibility index (Phi) is 4.91. The van der Waals surface area contributed by atoms with Crippen molar-refractivity contribution in [3.63, 3.8) is 0 Å². The zero-order valence-corrected chi connectivity index (χ0v) is 15.5. The molecule has 1 saturated carbocycles. The average molecular weight is 417 g/mol. The van der Waals surface area contributed by atoms with Crippen LogP contribution in [0, 0.1) is 16.7 Å². The van der Waals surface area contributed by atoms with E-state index in [1.165, 1.54) is 24.3 Å². The first-order valence-electron chi connectivity index (χ1n) is 7.99. The largest absolute Gasteiger partial charge is 0.436 e. The third kappa shape index (κ3) is 3.40. The lowest BCUT2D eigenvalue weighted by Crippen LogP contribution is -2.41. The van der Waals surface area contributed by atoms with Gasteiger partial charge in [0.1, 0.15) is 17.3 Å². The van der Waals surface area contributed by atoms with E-state index in [-0.39, 0.29) is 11.3 Å². The number of hydrogen-bond acceptors (Lipinski definition) is 3. The van der Waals surface area contributed by atoms with Crippen LogP contribution >= 0.6 is 23.2 Å². The van der Waals surface area contributed by atoms with Gasteiger partial charge in [-0.15, -0.1) is 0 Å². The normalized spacial score (nSPS) is 15.7. The Labute approximate surface area is 163 Å². The van der Waals surface area contributed by atoms with Gasteiger partial charge >= 0.3 is 12.1 Å². The minimum atomic E-state index is -4.94. The Hall–Kier alpha value is -2.17. The maximum atomic E-state index is 13.6. The number of nitriles is 1. The van der Waals surface area contributed by atoms with Crippen LogP contribution in [0.4, 0.5) is 13.2 Å². The molecule has 0 bridgehead atoms. The molecule has 0 saturated heterocycles. The SMILES string of the molecule is CC1(C(=O)On2c(-c3ccc(Cl)cc3)c(C#N)c(Cl)c2C(F)(F)F)CCC1. The molecule has 1 fully saturated rings. The first-order valence-corrected chi connectivity index (χ1v) is 8.74.